The Bertz CT molecular complexity index is 1270. The Kier molecular flexibility index (Phi) is 4.48. The number of hydrogen-bond acceptors (Lipinski definition) is 5. The van der Waals surface area contributed by atoms with Crippen molar-refractivity contribution in [1.82, 2.24) is 24.7 Å². The molecule has 0 aliphatic heterocycles. The van der Waals surface area contributed by atoms with E-state index in [1.165, 1.54) is 41.5 Å². The Morgan fingerprint density at radius 1 is 1.31 bits per heavy atom. The van der Waals surface area contributed by atoms with Gasteiger partial charge in [-0.3, -0.25) is 4.79 Å². The number of aromatic nitrogens is 5. The van der Waals surface area contributed by atoms with Crippen molar-refractivity contribution in [3.05, 3.63) is 59.8 Å². The largest absolute Gasteiger partial charge is 0.353 e. The van der Waals surface area contributed by atoms with Gasteiger partial charge in [-0.05, 0) is 0 Å². The lowest BCUT2D eigenvalue weighted by Gasteiger charge is -2.07. The fourth-order valence-electron chi connectivity index (χ4n) is 3.07. The molecule has 29 heavy (non-hydrogen) atoms. The first-order valence-electron chi connectivity index (χ1n) is 8.44. The number of halogens is 2. The molecule has 0 fully saturated rings. The Hall–Kier alpha value is -4.13. The molecule has 0 bridgehead atoms. The molecule has 2 N–H and O–H groups in total. The van der Waals surface area contributed by atoms with E-state index in [0.717, 1.165) is 0 Å². The lowest BCUT2D eigenvalue weighted by atomic mass is 10.0. The molecular formula is C19H13F2N7O. The third-order valence-electron chi connectivity index (χ3n) is 4.42. The second-order valence-electron chi connectivity index (χ2n) is 6.15. The number of amides is 1. The van der Waals surface area contributed by atoms with Gasteiger partial charge in [-0.15, -0.1) is 0 Å². The molecule has 0 aliphatic rings. The van der Waals surface area contributed by atoms with Gasteiger partial charge in [0.25, 0.3) is 12.3 Å². The molecule has 4 aromatic rings. The minimum absolute atomic E-state index is 0.0997. The molecule has 0 unspecified atom stereocenters. The van der Waals surface area contributed by atoms with Crippen LogP contribution in [-0.2, 0) is 7.05 Å². The number of carbonyl (C=O) groups excluding carboxylic acids is 1. The third kappa shape index (κ3) is 3.19. The molecule has 0 saturated heterocycles. The van der Waals surface area contributed by atoms with Crippen molar-refractivity contribution >= 4 is 22.6 Å². The van der Waals surface area contributed by atoms with Gasteiger partial charge in [0.2, 0.25) is 5.82 Å². The van der Waals surface area contributed by atoms with E-state index in [-0.39, 0.29) is 34.0 Å². The van der Waals surface area contributed by atoms with Crippen molar-refractivity contribution in [2.24, 2.45) is 7.05 Å². The molecule has 0 radical (unpaired) electrons. The first-order valence-corrected chi connectivity index (χ1v) is 8.44. The van der Waals surface area contributed by atoms with Gasteiger partial charge in [-0.2, -0.15) is 10.4 Å². The number of carbonyl (C=O) groups is 1. The maximum Gasteiger partial charge on any atom is 0.294 e. The molecule has 0 aliphatic carbocycles. The summed E-state index contributed by atoms with van der Waals surface area (Å²) in [7, 11) is 1.58. The van der Waals surface area contributed by atoms with Crippen molar-refractivity contribution < 1.29 is 13.6 Å². The maximum atomic E-state index is 13.4. The van der Waals surface area contributed by atoms with Crippen LogP contribution in [-0.4, -0.2) is 30.6 Å². The summed E-state index contributed by atoms with van der Waals surface area (Å²) < 4.78 is 28.1. The predicted octanol–water partition coefficient (Wildman–Crippen LogP) is 3.42. The fraction of sp³-hybridized carbons (Fsp3) is 0.105. The van der Waals surface area contributed by atoms with Crippen LogP contribution in [0.15, 0.2) is 42.9 Å². The van der Waals surface area contributed by atoms with Crippen LogP contribution in [0.5, 0.6) is 0 Å². The molecular weight excluding hydrogens is 380 g/mol. The summed E-state index contributed by atoms with van der Waals surface area (Å²) in [5, 5.41) is 16.5. The van der Waals surface area contributed by atoms with E-state index in [1.807, 2.05) is 6.07 Å². The number of nitrogens with zero attached hydrogens (tertiary/aromatic N) is 5. The number of hydrogen-bond donors (Lipinski definition) is 2. The number of aryl methyl sites for hydroxylation is 1. The molecule has 8 nitrogen and oxygen atoms in total. The standard InChI is InChI=1S/C19H13F2N7O/c1-28-18(24-9-25-28)19(29)27-15-6-14-13(8-23-15)12(7-22)16(26-14)10-4-2-3-5-11(10)17(20)21/h2-6,8-9,17,26H,1H3,(H,23,27,29). The highest BCUT2D eigenvalue weighted by molar-refractivity contribution is 6.02. The monoisotopic (exact) mass is 393 g/mol. The number of fused-ring (bicyclic) bond motifs is 1. The van der Waals surface area contributed by atoms with Gasteiger partial charge in [-0.1, -0.05) is 24.3 Å². The smallest absolute Gasteiger partial charge is 0.294 e. The molecule has 144 valence electrons. The Morgan fingerprint density at radius 2 is 2.10 bits per heavy atom. The number of alkyl halides is 2. The summed E-state index contributed by atoms with van der Waals surface area (Å²) >= 11 is 0. The van der Waals surface area contributed by atoms with Crippen LogP contribution in [0, 0.1) is 11.3 Å². The van der Waals surface area contributed by atoms with Crippen LogP contribution in [0.2, 0.25) is 0 Å². The number of H-pyrrole nitrogens is 1. The minimum atomic E-state index is -2.69. The van der Waals surface area contributed by atoms with Gasteiger partial charge >= 0.3 is 0 Å². The van der Waals surface area contributed by atoms with Crippen LogP contribution in [0.1, 0.15) is 28.2 Å². The second kappa shape index (κ2) is 7.12. The zero-order chi connectivity index (χ0) is 20.5. The van der Waals surface area contributed by atoms with E-state index in [1.54, 1.807) is 13.1 Å². The van der Waals surface area contributed by atoms with E-state index in [2.05, 4.69) is 25.4 Å². The lowest BCUT2D eigenvalue weighted by Crippen LogP contribution is -2.18. The normalized spacial score (nSPS) is 11.0. The maximum absolute atomic E-state index is 13.4. The number of rotatable bonds is 4. The molecule has 0 spiro atoms. The molecule has 0 atom stereocenters. The molecule has 10 heteroatoms. The molecule has 1 amide bonds. The van der Waals surface area contributed by atoms with Crippen molar-refractivity contribution in [3.63, 3.8) is 0 Å². The van der Waals surface area contributed by atoms with E-state index < -0.39 is 12.3 Å². The van der Waals surface area contributed by atoms with Gasteiger partial charge < -0.3 is 10.3 Å². The number of nitriles is 1. The topological polar surface area (TPSA) is 112 Å². The van der Waals surface area contributed by atoms with Crippen LogP contribution in [0.4, 0.5) is 14.6 Å². The number of aromatic amines is 1. The SMILES string of the molecule is Cn1ncnc1C(=O)Nc1cc2[nH]c(-c3ccccc3C(F)F)c(C#N)c2cn1. The van der Waals surface area contributed by atoms with Crippen LogP contribution < -0.4 is 5.32 Å². The number of pyridine rings is 1. The second-order valence-corrected chi connectivity index (χ2v) is 6.15. The zero-order valence-corrected chi connectivity index (χ0v) is 15.0. The van der Waals surface area contributed by atoms with Crippen LogP contribution >= 0.6 is 0 Å². The highest BCUT2D eigenvalue weighted by Crippen LogP contribution is 2.35. The Labute approximate surface area is 162 Å². The summed E-state index contributed by atoms with van der Waals surface area (Å²) in [4.78, 5) is 23.3. The Morgan fingerprint density at radius 3 is 2.79 bits per heavy atom. The van der Waals surface area contributed by atoms with Gasteiger partial charge in [0, 0.05) is 35.8 Å². The fourth-order valence-corrected chi connectivity index (χ4v) is 3.07. The summed E-state index contributed by atoms with van der Waals surface area (Å²) in [5.74, 6) is -0.195. The Balaban J connectivity index is 1.77. The van der Waals surface area contributed by atoms with Gasteiger partial charge in [-0.25, -0.2) is 23.4 Å². The van der Waals surface area contributed by atoms with Gasteiger partial charge in [0.05, 0.1) is 16.8 Å². The van der Waals surface area contributed by atoms with Crippen molar-refractivity contribution in [2.45, 2.75) is 6.43 Å². The van der Waals surface area contributed by atoms with Gasteiger partial charge in [0.15, 0.2) is 0 Å². The molecule has 0 saturated carbocycles. The summed E-state index contributed by atoms with van der Waals surface area (Å²) in [6.07, 6.45) is -0.0309. The number of benzene rings is 1. The summed E-state index contributed by atoms with van der Waals surface area (Å²) in [6, 6.07) is 9.56. The van der Waals surface area contributed by atoms with Crippen molar-refractivity contribution in [3.8, 4) is 17.3 Å². The van der Waals surface area contributed by atoms with Crippen LogP contribution in [0.25, 0.3) is 22.2 Å². The molecule has 3 heterocycles. The lowest BCUT2D eigenvalue weighted by molar-refractivity contribution is 0.101. The first kappa shape index (κ1) is 18.2. The number of anilines is 1. The van der Waals surface area contributed by atoms with Crippen LogP contribution in [0.3, 0.4) is 0 Å². The molecule has 1 aromatic carbocycles. The van der Waals surface area contributed by atoms with E-state index in [0.29, 0.717) is 10.9 Å². The van der Waals surface area contributed by atoms with E-state index >= 15 is 0 Å². The summed E-state index contributed by atoms with van der Waals surface area (Å²) in [6.45, 7) is 0. The van der Waals surface area contributed by atoms with Gasteiger partial charge in [0.1, 0.15) is 18.2 Å². The average molecular weight is 393 g/mol. The highest BCUT2D eigenvalue weighted by atomic mass is 19.3. The molecule has 4 rings (SSSR count). The zero-order valence-electron chi connectivity index (χ0n) is 15.0. The first-order chi connectivity index (χ1) is 14.0. The summed E-state index contributed by atoms with van der Waals surface area (Å²) in [5.41, 5.74) is 1.01. The molecule has 3 aromatic heterocycles. The average Bonchev–Trinajstić information content (AvgIpc) is 3.30. The minimum Gasteiger partial charge on any atom is -0.353 e. The predicted molar refractivity (Wildman–Crippen MR) is 100 cm³/mol. The van der Waals surface area contributed by atoms with E-state index in [9.17, 15) is 18.8 Å². The van der Waals surface area contributed by atoms with Crippen molar-refractivity contribution in [1.29, 1.82) is 5.26 Å². The number of nitrogens with one attached hydrogen (secondary N) is 2. The third-order valence-corrected chi connectivity index (χ3v) is 4.42. The van der Waals surface area contributed by atoms with E-state index in [4.69, 9.17) is 0 Å². The van der Waals surface area contributed by atoms with Crippen molar-refractivity contribution in [2.75, 3.05) is 5.32 Å². The highest BCUT2D eigenvalue weighted by Gasteiger charge is 2.20. The quantitative estimate of drug-likeness (QED) is 0.552.